The third-order valence-electron chi connectivity index (χ3n) is 3.27. The summed E-state index contributed by atoms with van der Waals surface area (Å²) in [6.45, 7) is 7.80. The van der Waals surface area contributed by atoms with E-state index in [-0.39, 0.29) is 11.3 Å². The maximum Gasteiger partial charge on any atom is 0.252 e. The van der Waals surface area contributed by atoms with Gasteiger partial charge in [-0.2, -0.15) is 0 Å². The third-order valence-corrected chi connectivity index (χ3v) is 3.27. The quantitative estimate of drug-likeness (QED) is 0.832. The molecule has 1 aliphatic heterocycles. The van der Waals surface area contributed by atoms with Gasteiger partial charge in [0.25, 0.3) is 5.91 Å². The van der Waals surface area contributed by atoms with Gasteiger partial charge in [0, 0.05) is 5.41 Å². The highest BCUT2D eigenvalue weighted by molar-refractivity contribution is 6.11. The summed E-state index contributed by atoms with van der Waals surface area (Å²) in [5.74, 6) is 0.718. The summed E-state index contributed by atoms with van der Waals surface area (Å²) >= 11 is 0. The van der Waals surface area contributed by atoms with E-state index < -0.39 is 5.54 Å². The lowest BCUT2D eigenvalue weighted by atomic mass is 9.83. The van der Waals surface area contributed by atoms with Crippen LogP contribution in [0.3, 0.4) is 0 Å². The zero-order valence-corrected chi connectivity index (χ0v) is 10.7. The molecule has 0 aromatic heterocycles. The number of nitrogens with zero attached hydrogens (tertiary/aromatic N) is 1. The molecule has 90 valence electrons. The summed E-state index contributed by atoms with van der Waals surface area (Å²) in [5, 5.41) is 2.89. The van der Waals surface area contributed by atoms with E-state index >= 15 is 0 Å². The van der Waals surface area contributed by atoms with Gasteiger partial charge in [-0.3, -0.25) is 9.79 Å². The van der Waals surface area contributed by atoms with E-state index in [2.05, 4.69) is 36.3 Å². The Hall–Kier alpha value is -1.64. The van der Waals surface area contributed by atoms with Crippen LogP contribution in [-0.2, 0) is 10.2 Å². The third kappa shape index (κ3) is 1.97. The summed E-state index contributed by atoms with van der Waals surface area (Å²) in [7, 11) is 0. The number of carbonyl (C=O) groups is 1. The van der Waals surface area contributed by atoms with E-state index in [1.165, 1.54) is 0 Å². The van der Waals surface area contributed by atoms with Crippen LogP contribution in [0.2, 0.25) is 0 Å². The second-order valence-corrected chi connectivity index (χ2v) is 5.46. The molecule has 0 bridgehead atoms. The Balaban J connectivity index is 2.39. The summed E-state index contributed by atoms with van der Waals surface area (Å²) in [6.07, 6.45) is 0. The van der Waals surface area contributed by atoms with Crippen LogP contribution in [0.4, 0.5) is 0 Å². The number of nitrogens with one attached hydrogen (secondary N) is 1. The van der Waals surface area contributed by atoms with Crippen LogP contribution in [0.25, 0.3) is 0 Å². The molecular weight excluding hydrogens is 212 g/mol. The molecule has 0 radical (unpaired) electrons. The molecule has 0 saturated heterocycles. The molecule has 3 nitrogen and oxygen atoms in total. The second-order valence-electron chi connectivity index (χ2n) is 5.46. The molecule has 1 aliphatic rings. The molecule has 1 N–H and O–H groups in total. The van der Waals surface area contributed by atoms with Gasteiger partial charge < -0.3 is 5.32 Å². The zero-order valence-electron chi connectivity index (χ0n) is 10.7. The summed E-state index contributed by atoms with van der Waals surface area (Å²) in [6, 6.07) is 10.1. The van der Waals surface area contributed by atoms with E-state index in [1.807, 2.05) is 32.0 Å². The number of hydrogen-bond donors (Lipinski definition) is 1. The summed E-state index contributed by atoms with van der Waals surface area (Å²) < 4.78 is 0. The lowest BCUT2D eigenvalue weighted by Gasteiger charge is -2.25. The highest BCUT2D eigenvalue weighted by Gasteiger charge is 2.40. The van der Waals surface area contributed by atoms with Crippen LogP contribution in [0.5, 0.6) is 0 Å². The van der Waals surface area contributed by atoms with Crippen molar-refractivity contribution in [2.45, 2.75) is 38.6 Å². The van der Waals surface area contributed by atoms with Crippen LogP contribution in [0.15, 0.2) is 35.3 Å². The van der Waals surface area contributed by atoms with E-state index in [0.717, 1.165) is 11.4 Å². The van der Waals surface area contributed by atoms with Crippen molar-refractivity contribution in [1.29, 1.82) is 0 Å². The van der Waals surface area contributed by atoms with Crippen molar-refractivity contribution in [3.05, 3.63) is 35.9 Å². The Morgan fingerprint density at radius 3 is 2.24 bits per heavy atom. The fourth-order valence-corrected chi connectivity index (χ4v) is 1.91. The molecule has 3 heteroatoms. The number of rotatable bonds is 2. The molecule has 0 unspecified atom stereocenters. The molecule has 1 heterocycles. The fourth-order valence-electron chi connectivity index (χ4n) is 1.91. The topological polar surface area (TPSA) is 41.5 Å². The highest BCUT2D eigenvalue weighted by atomic mass is 16.2. The molecule has 1 amide bonds. The van der Waals surface area contributed by atoms with Crippen LogP contribution in [-0.4, -0.2) is 17.3 Å². The number of carbonyl (C=O) groups excluding carboxylic acids is 1. The minimum absolute atomic E-state index is 0.0310. The number of amidine groups is 1. The highest BCUT2D eigenvalue weighted by Crippen LogP contribution is 2.28. The standard InChI is InChI=1S/C14H18N2O/c1-13(2,10-8-6-5-7-9-10)11-15-12(17)14(3,4)16-11/h5-9H,1-4H3,(H,15,16,17). The van der Waals surface area contributed by atoms with Crippen molar-refractivity contribution in [1.82, 2.24) is 5.32 Å². The van der Waals surface area contributed by atoms with Gasteiger partial charge in [-0.1, -0.05) is 30.3 Å². The Morgan fingerprint density at radius 2 is 1.76 bits per heavy atom. The Bertz CT molecular complexity index is 472. The van der Waals surface area contributed by atoms with Gasteiger partial charge in [-0.05, 0) is 33.3 Å². The monoisotopic (exact) mass is 230 g/mol. The van der Waals surface area contributed by atoms with Crippen LogP contribution in [0, 0.1) is 0 Å². The van der Waals surface area contributed by atoms with Crippen molar-refractivity contribution >= 4 is 11.7 Å². The normalized spacial score (nSPS) is 18.8. The van der Waals surface area contributed by atoms with Crippen molar-refractivity contribution < 1.29 is 4.79 Å². The van der Waals surface area contributed by atoms with Gasteiger partial charge in [0.05, 0.1) is 0 Å². The number of hydrogen-bond acceptors (Lipinski definition) is 2. The van der Waals surface area contributed by atoms with Gasteiger partial charge >= 0.3 is 0 Å². The molecule has 0 fully saturated rings. The van der Waals surface area contributed by atoms with Gasteiger partial charge in [0.15, 0.2) is 0 Å². The van der Waals surface area contributed by atoms with Crippen LogP contribution >= 0.6 is 0 Å². The first-order valence-electron chi connectivity index (χ1n) is 5.81. The second kappa shape index (κ2) is 3.69. The van der Waals surface area contributed by atoms with Gasteiger partial charge in [0.2, 0.25) is 0 Å². The average molecular weight is 230 g/mol. The van der Waals surface area contributed by atoms with Gasteiger partial charge in [-0.25, -0.2) is 0 Å². The van der Waals surface area contributed by atoms with E-state index in [0.29, 0.717) is 0 Å². The van der Waals surface area contributed by atoms with Crippen molar-refractivity contribution in [2.24, 2.45) is 4.99 Å². The Kier molecular flexibility index (Phi) is 2.57. The first-order valence-corrected chi connectivity index (χ1v) is 5.81. The SMILES string of the molecule is CC1(C)N=C(C(C)(C)c2ccccc2)NC1=O. The summed E-state index contributed by atoms with van der Waals surface area (Å²) in [4.78, 5) is 16.3. The molecular formula is C14H18N2O. The molecule has 0 spiro atoms. The lowest BCUT2D eigenvalue weighted by Crippen LogP contribution is -2.41. The van der Waals surface area contributed by atoms with Gasteiger partial charge in [0.1, 0.15) is 11.4 Å². The molecule has 17 heavy (non-hydrogen) atoms. The maximum atomic E-state index is 11.8. The predicted octanol–water partition coefficient (Wildman–Crippen LogP) is 2.27. The minimum atomic E-state index is -0.651. The molecule has 1 aromatic carbocycles. The Labute approximate surface area is 102 Å². The minimum Gasteiger partial charge on any atom is -0.312 e. The first-order chi connectivity index (χ1) is 7.84. The Morgan fingerprint density at radius 1 is 1.18 bits per heavy atom. The molecule has 2 rings (SSSR count). The fraction of sp³-hybridized carbons (Fsp3) is 0.429. The molecule has 0 saturated carbocycles. The largest absolute Gasteiger partial charge is 0.312 e. The summed E-state index contributed by atoms with van der Waals surface area (Å²) in [5.41, 5.74) is 0.225. The van der Waals surface area contributed by atoms with Gasteiger partial charge in [-0.15, -0.1) is 0 Å². The van der Waals surface area contributed by atoms with E-state index in [4.69, 9.17) is 0 Å². The van der Waals surface area contributed by atoms with Crippen LogP contribution < -0.4 is 5.32 Å². The van der Waals surface area contributed by atoms with Crippen molar-refractivity contribution in [3.63, 3.8) is 0 Å². The molecule has 0 atom stereocenters. The number of benzene rings is 1. The van der Waals surface area contributed by atoms with Crippen molar-refractivity contribution in [2.75, 3.05) is 0 Å². The molecule has 1 aromatic rings. The number of aliphatic imine (C=N–C) groups is 1. The van der Waals surface area contributed by atoms with E-state index in [1.54, 1.807) is 0 Å². The predicted molar refractivity (Wildman–Crippen MR) is 69.1 cm³/mol. The zero-order chi connectivity index (χ0) is 12.7. The van der Waals surface area contributed by atoms with Crippen LogP contribution in [0.1, 0.15) is 33.3 Å². The van der Waals surface area contributed by atoms with Crippen molar-refractivity contribution in [3.8, 4) is 0 Å². The van der Waals surface area contributed by atoms with E-state index in [9.17, 15) is 4.79 Å². The first kappa shape index (κ1) is 11.8. The lowest BCUT2D eigenvalue weighted by molar-refractivity contribution is -0.122. The maximum absolute atomic E-state index is 11.8. The average Bonchev–Trinajstić information content (AvgIpc) is 2.55. The molecule has 0 aliphatic carbocycles. The number of amides is 1. The smallest absolute Gasteiger partial charge is 0.252 e.